The van der Waals surface area contributed by atoms with Gasteiger partial charge in [-0.1, -0.05) is 50.8 Å². The van der Waals surface area contributed by atoms with Gasteiger partial charge in [0.2, 0.25) is 0 Å². The van der Waals surface area contributed by atoms with Crippen molar-refractivity contribution < 1.29 is 0 Å². The van der Waals surface area contributed by atoms with Crippen molar-refractivity contribution >= 4 is 22.6 Å². The lowest BCUT2D eigenvalue weighted by Gasteiger charge is -2.40. The van der Waals surface area contributed by atoms with E-state index in [-0.39, 0.29) is 0 Å². The Labute approximate surface area is 161 Å². The second-order valence-electron chi connectivity index (χ2n) is 8.13. The Balaban J connectivity index is 1.70. The lowest BCUT2D eigenvalue weighted by molar-refractivity contribution is 0.163. The minimum absolute atomic E-state index is 0.371. The molecule has 1 heterocycles. The molecule has 0 atom stereocenters. The molecule has 2 aliphatic carbocycles. The molecule has 0 amide bonds. The molecule has 3 fully saturated rings. The minimum atomic E-state index is 0.371. The molecule has 4 rings (SSSR count). The van der Waals surface area contributed by atoms with Crippen LogP contribution in [0.4, 0.5) is 5.69 Å². The second kappa shape index (κ2) is 7.64. The molecule has 0 aromatic heterocycles. The standard InChI is InChI=1S/C22H29N3S/c1-2-7-18-14-17(15-23)10-11-20(18)24-21-25(19-8-3-4-9-19)22(16-26-21)12-5-6-13-22/h10-11,14,19H,2-9,12-13,16H2,1H3/b24-21+. The quantitative estimate of drug-likeness (QED) is 0.675. The fraction of sp³-hybridized carbons (Fsp3) is 0.636. The number of rotatable bonds is 4. The van der Waals surface area contributed by atoms with E-state index in [2.05, 4.69) is 24.0 Å². The Hall–Kier alpha value is -1.47. The summed E-state index contributed by atoms with van der Waals surface area (Å²) in [6.45, 7) is 2.19. The first-order valence-electron chi connectivity index (χ1n) is 10.3. The zero-order valence-corrected chi connectivity index (χ0v) is 16.7. The van der Waals surface area contributed by atoms with Gasteiger partial charge < -0.3 is 4.90 Å². The van der Waals surface area contributed by atoms with E-state index < -0.39 is 0 Å². The minimum Gasteiger partial charge on any atom is -0.342 e. The number of nitrogens with zero attached hydrogens (tertiary/aromatic N) is 3. The molecule has 4 heteroatoms. The first kappa shape index (κ1) is 17.9. The van der Waals surface area contributed by atoms with Crippen LogP contribution < -0.4 is 0 Å². The Bertz CT molecular complexity index is 721. The molecule has 1 aliphatic heterocycles. The van der Waals surface area contributed by atoms with Gasteiger partial charge in [0.25, 0.3) is 0 Å². The van der Waals surface area contributed by atoms with E-state index >= 15 is 0 Å². The average Bonchev–Trinajstić information content (AvgIpc) is 3.40. The fourth-order valence-electron chi connectivity index (χ4n) is 5.09. The van der Waals surface area contributed by atoms with Crippen molar-refractivity contribution in [1.29, 1.82) is 5.26 Å². The molecule has 1 aromatic rings. The van der Waals surface area contributed by atoms with Crippen LogP contribution in [0.1, 0.15) is 75.8 Å². The summed E-state index contributed by atoms with van der Waals surface area (Å²) in [6.07, 6.45) is 12.9. The van der Waals surface area contributed by atoms with Crippen LogP contribution in [0, 0.1) is 11.3 Å². The fourth-order valence-corrected chi connectivity index (χ4v) is 6.56. The molecule has 0 unspecified atom stereocenters. The SMILES string of the molecule is CCCc1cc(C#N)ccc1/N=C1/SCC2(CCCC2)N1C1CCCC1. The molecule has 0 bridgehead atoms. The highest BCUT2D eigenvalue weighted by molar-refractivity contribution is 8.14. The van der Waals surface area contributed by atoms with Gasteiger partial charge in [-0.3, -0.25) is 0 Å². The summed E-state index contributed by atoms with van der Waals surface area (Å²) >= 11 is 1.98. The van der Waals surface area contributed by atoms with Crippen molar-refractivity contribution in [3.8, 4) is 6.07 Å². The maximum absolute atomic E-state index is 9.23. The first-order valence-corrected chi connectivity index (χ1v) is 11.3. The lowest BCUT2D eigenvalue weighted by Crippen LogP contribution is -2.50. The van der Waals surface area contributed by atoms with Crippen LogP contribution in [0.2, 0.25) is 0 Å². The van der Waals surface area contributed by atoms with Gasteiger partial charge in [-0.05, 0) is 55.9 Å². The summed E-state index contributed by atoms with van der Waals surface area (Å²) in [6, 6.07) is 8.98. The van der Waals surface area contributed by atoms with Crippen LogP contribution in [0.25, 0.3) is 0 Å². The summed E-state index contributed by atoms with van der Waals surface area (Å²) in [4.78, 5) is 7.95. The first-order chi connectivity index (χ1) is 12.8. The highest BCUT2D eigenvalue weighted by atomic mass is 32.2. The van der Waals surface area contributed by atoms with Gasteiger partial charge in [-0.15, -0.1) is 0 Å². The van der Waals surface area contributed by atoms with Gasteiger partial charge >= 0.3 is 0 Å². The van der Waals surface area contributed by atoms with Crippen molar-refractivity contribution in [2.75, 3.05) is 5.75 Å². The predicted octanol–water partition coefficient (Wildman–Crippen LogP) is 5.80. The van der Waals surface area contributed by atoms with Crippen molar-refractivity contribution in [2.24, 2.45) is 4.99 Å². The van der Waals surface area contributed by atoms with E-state index in [0.717, 1.165) is 24.1 Å². The number of nitriles is 1. The highest BCUT2D eigenvalue weighted by Gasteiger charge is 2.49. The van der Waals surface area contributed by atoms with Gasteiger partial charge in [-0.2, -0.15) is 5.26 Å². The molecule has 1 spiro atoms. The van der Waals surface area contributed by atoms with Crippen molar-refractivity contribution in [1.82, 2.24) is 4.90 Å². The molecular weight excluding hydrogens is 338 g/mol. The molecule has 1 aromatic carbocycles. The van der Waals surface area contributed by atoms with Crippen molar-refractivity contribution in [3.05, 3.63) is 29.3 Å². The number of aryl methyl sites for hydroxylation is 1. The largest absolute Gasteiger partial charge is 0.342 e. The van der Waals surface area contributed by atoms with Gasteiger partial charge in [0.1, 0.15) is 0 Å². The smallest absolute Gasteiger partial charge is 0.165 e. The van der Waals surface area contributed by atoms with Crippen LogP contribution >= 0.6 is 11.8 Å². The highest BCUT2D eigenvalue weighted by Crippen LogP contribution is 2.48. The normalized spacial score (nSPS) is 24.0. The van der Waals surface area contributed by atoms with E-state index in [4.69, 9.17) is 4.99 Å². The summed E-state index contributed by atoms with van der Waals surface area (Å²) in [7, 11) is 0. The molecule has 0 N–H and O–H groups in total. The molecule has 1 saturated heterocycles. The maximum atomic E-state index is 9.23. The number of thioether (sulfide) groups is 1. The van der Waals surface area contributed by atoms with Crippen LogP contribution in [0.3, 0.4) is 0 Å². The number of benzene rings is 1. The van der Waals surface area contributed by atoms with E-state index in [9.17, 15) is 5.26 Å². The molecule has 3 aliphatic rings. The molecular formula is C22H29N3S. The zero-order valence-electron chi connectivity index (χ0n) is 15.8. The lowest BCUT2D eigenvalue weighted by atomic mass is 9.95. The summed E-state index contributed by atoms with van der Waals surface area (Å²) < 4.78 is 0. The number of hydrogen-bond donors (Lipinski definition) is 0. The molecule has 2 saturated carbocycles. The third-order valence-corrected chi connectivity index (χ3v) is 7.58. The third kappa shape index (κ3) is 3.27. The topological polar surface area (TPSA) is 39.4 Å². The third-order valence-electron chi connectivity index (χ3n) is 6.36. The van der Waals surface area contributed by atoms with Crippen molar-refractivity contribution in [2.45, 2.75) is 82.7 Å². The Morgan fingerprint density at radius 3 is 2.69 bits per heavy atom. The van der Waals surface area contributed by atoms with E-state index in [1.165, 1.54) is 67.9 Å². The van der Waals surface area contributed by atoms with Gasteiger partial charge in [0.15, 0.2) is 5.17 Å². The summed E-state index contributed by atoms with van der Waals surface area (Å²) in [5.41, 5.74) is 3.41. The number of aliphatic imine (C=N–C) groups is 1. The maximum Gasteiger partial charge on any atom is 0.165 e. The van der Waals surface area contributed by atoms with Crippen LogP contribution in [0.15, 0.2) is 23.2 Å². The Morgan fingerprint density at radius 1 is 1.23 bits per heavy atom. The zero-order chi connectivity index (χ0) is 18.0. The summed E-state index contributed by atoms with van der Waals surface area (Å²) in [5.74, 6) is 1.21. The van der Waals surface area contributed by atoms with Crippen LogP contribution in [0.5, 0.6) is 0 Å². The van der Waals surface area contributed by atoms with E-state index in [1.54, 1.807) is 0 Å². The monoisotopic (exact) mass is 367 g/mol. The van der Waals surface area contributed by atoms with Gasteiger partial charge in [0, 0.05) is 11.8 Å². The van der Waals surface area contributed by atoms with Crippen LogP contribution in [-0.2, 0) is 6.42 Å². The van der Waals surface area contributed by atoms with Gasteiger partial charge in [0.05, 0.1) is 22.9 Å². The second-order valence-corrected chi connectivity index (χ2v) is 9.07. The average molecular weight is 368 g/mol. The molecule has 0 radical (unpaired) electrons. The molecule has 26 heavy (non-hydrogen) atoms. The Kier molecular flexibility index (Phi) is 5.27. The number of hydrogen-bond acceptors (Lipinski definition) is 3. The van der Waals surface area contributed by atoms with Crippen LogP contribution in [-0.4, -0.2) is 27.4 Å². The number of amidine groups is 1. The van der Waals surface area contributed by atoms with Crippen molar-refractivity contribution in [3.63, 3.8) is 0 Å². The molecule has 138 valence electrons. The van der Waals surface area contributed by atoms with Gasteiger partial charge in [-0.25, -0.2) is 4.99 Å². The molecule has 3 nitrogen and oxygen atoms in total. The Morgan fingerprint density at radius 2 is 2.00 bits per heavy atom. The van der Waals surface area contributed by atoms with E-state index in [1.807, 2.05) is 23.9 Å². The van der Waals surface area contributed by atoms with E-state index in [0.29, 0.717) is 11.6 Å². The summed E-state index contributed by atoms with van der Waals surface area (Å²) in [5, 5.41) is 10.5. The predicted molar refractivity (Wildman–Crippen MR) is 110 cm³/mol.